The van der Waals surface area contributed by atoms with E-state index in [4.69, 9.17) is 9.47 Å². The van der Waals surface area contributed by atoms with Gasteiger partial charge in [0.2, 0.25) is 0 Å². The number of carbonyl (C=O) groups is 1. The fraction of sp³-hybridized carbons (Fsp3) is 0.412. The van der Waals surface area contributed by atoms with Gasteiger partial charge in [0.1, 0.15) is 5.60 Å². The van der Waals surface area contributed by atoms with Gasteiger partial charge in [0.05, 0.1) is 5.52 Å². The van der Waals surface area contributed by atoms with Gasteiger partial charge in [-0.2, -0.15) is 0 Å². The first-order chi connectivity index (χ1) is 10.2. The van der Waals surface area contributed by atoms with Crippen LogP contribution in [0, 0.1) is 0 Å². The molecule has 0 N–H and O–H groups in total. The zero-order valence-corrected chi connectivity index (χ0v) is 12.2. The second-order valence-corrected chi connectivity index (χ2v) is 5.28. The van der Waals surface area contributed by atoms with Crippen LogP contribution in [-0.2, 0) is 9.47 Å². The lowest BCUT2D eigenvalue weighted by Gasteiger charge is -2.35. The van der Waals surface area contributed by atoms with E-state index >= 15 is 0 Å². The number of pyridine rings is 1. The first-order valence-electron chi connectivity index (χ1n) is 7.36. The van der Waals surface area contributed by atoms with E-state index in [1.54, 1.807) is 6.20 Å². The van der Waals surface area contributed by atoms with Crippen LogP contribution in [0.4, 0.5) is 0 Å². The van der Waals surface area contributed by atoms with E-state index in [9.17, 15) is 4.79 Å². The van der Waals surface area contributed by atoms with Crippen LogP contribution in [-0.4, -0.2) is 36.2 Å². The summed E-state index contributed by atoms with van der Waals surface area (Å²) >= 11 is 0. The molecule has 0 amide bonds. The van der Waals surface area contributed by atoms with Crippen molar-refractivity contribution in [2.24, 2.45) is 0 Å². The Balaban J connectivity index is 1.97. The summed E-state index contributed by atoms with van der Waals surface area (Å²) in [6.45, 7) is 3.59. The maximum Gasteiger partial charge on any atom is 0.194 e. The van der Waals surface area contributed by atoms with Crippen molar-refractivity contribution < 1.29 is 14.3 Å². The molecule has 2 aromatic rings. The fourth-order valence-corrected chi connectivity index (χ4v) is 2.89. The number of ether oxygens (including phenoxy) is 2. The summed E-state index contributed by atoms with van der Waals surface area (Å²) in [5.41, 5.74) is 0.848. The molecule has 1 aliphatic rings. The van der Waals surface area contributed by atoms with Gasteiger partial charge in [0.25, 0.3) is 0 Å². The topological polar surface area (TPSA) is 48.4 Å². The molecular formula is C17H19NO3. The summed E-state index contributed by atoms with van der Waals surface area (Å²) < 4.78 is 11.2. The molecular weight excluding hydrogens is 266 g/mol. The molecule has 0 unspecified atom stereocenters. The SMILES string of the molecule is CCOC1(C(=O)c2ccc3ncccc3c2)CCOCC1. The summed E-state index contributed by atoms with van der Waals surface area (Å²) in [6.07, 6.45) is 2.99. The van der Waals surface area contributed by atoms with Crippen LogP contribution >= 0.6 is 0 Å². The van der Waals surface area contributed by atoms with Crippen molar-refractivity contribution in [1.29, 1.82) is 0 Å². The first kappa shape index (κ1) is 14.2. The Morgan fingerprint density at radius 3 is 2.90 bits per heavy atom. The Labute approximate surface area is 124 Å². The number of rotatable bonds is 4. The number of fused-ring (bicyclic) bond motifs is 1. The predicted octanol–water partition coefficient (Wildman–Crippen LogP) is 3.00. The summed E-state index contributed by atoms with van der Waals surface area (Å²) in [5, 5.41) is 0.974. The highest BCUT2D eigenvalue weighted by Crippen LogP contribution is 2.30. The monoisotopic (exact) mass is 285 g/mol. The average molecular weight is 285 g/mol. The molecule has 0 aliphatic carbocycles. The Hall–Kier alpha value is -1.78. The molecule has 0 saturated carbocycles. The van der Waals surface area contributed by atoms with Gasteiger partial charge < -0.3 is 9.47 Å². The molecule has 0 spiro atoms. The minimum atomic E-state index is -0.733. The van der Waals surface area contributed by atoms with Crippen molar-refractivity contribution in [3.63, 3.8) is 0 Å². The van der Waals surface area contributed by atoms with Gasteiger partial charge in [-0.3, -0.25) is 9.78 Å². The van der Waals surface area contributed by atoms with Crippen LogP contribution in [0.1, 0.15) is 30.1 Å². The number of hydrogen-bond donors (Lipinski definition) is 0. The second kappa shape index (κ2) is 5.92. The molecule has 2 heterocycles. The number of nitrogens with zero attached hydrogens (tertiary/aromatic N) is 1. The van der Waals surface area contributed by atoms with Crippen molar-refractivity contribution in [3.8, 4) is 0 Å². The normalized spacial score (nSPS) is 17.8. The number of Topliss-reactive ketones (excluding diaryl/α,β-unsaturated/α-hetero) is 1. The fourth-order valence-electron chi connectivity index (χ4n) is 2.89. The van der Waals surface area contributed by atoms with E-state index in [-0.39, 0.29) is 5.78 Å². The summed E-state index contributed by atoms with van der Waals surface area (Å²) in [7, 11) is 0. The highest BCUT2D eigenvalue weighted by atomic mass is 16.5. The quantitative estimate of drug-likeness (QED) is 0.810. The summed E-state index contributed by atoms with van der Waals surface area (Å²) in [6, 6.07) is 9.48. The molecule has 0 radical (unpaired) electrons. The lowest BCUT2D eigenvalue weighted by molar-refractivity contribution is -0.0822. The molecule has 21 heavy (non-hydrogen) atoms. The van der Waals surface area contributed by atoms with Gasteiger partial charge >= 0.3 is 0 Å². The zero-order chi connectivity index (χ0) is 14.7. The van der Waals surface area contributed by atoms with E-state index < -0.39 is 5.60 Å². The maximum absolute atomic E-state index is 13.0. The highest BCUT2D eigenvalue weighted by molar-refractivity contribution is 6.04. The van der Waals surface area contributed by atoms with E-state index in [0.717, 1.165) is 10.9 Å². The van der Waals surface area contributed by atoms with E-state index in [1.165, 1.54) is 0 Å². The van der Waals surface area contributed by atoms with E-state index in [1.807, 2.05) is 37.3 Å². The van der Waals surface area contributed by atoms with Gasteiger partial charge in [-0.25, -0.2) is 0 Å². The number of aromatic nitrogens is 1. The average Bonchev–Trinajstić information content (AvgIpc) is 2.55. The third kappa shape index (κ3) is 2.69. The zero-order valence-electron chi connectivity index (χ0n) is 12.2. The molecule has 0 atom stereocenters. The maximum atomic E-state index is 13.0. The van der Waals surface area contributed by atoms with Crippen molar-refractivity contribution >= 4 is 16.7 Å². The number of carbonyl (C=O) groups excluding carboxylic acids is 1. The van der Waals surface area contributed by atoms with Crippen molar-refractivity contribution in [2.45, 2.75) is 25.4 Å². The Kier molecular flexibility index (Phi) is 3.99. The predicted molar refractivity (Wildman–Crippen MR) is 80.5 cm³/mol. The Morgan fingerprint density at radius 1 is 1.33 bits per heavy atom. The molecule has 1 aromatic heterocycles. The third-order valence-electron chi connectivity index (χ3n) is 4.00. The number of ketones is 1. The third-order valence-corrected chi connectivity index (χ3v) is 4.00. The Bertz CT molecular complexity index is 642. The molecule has 4 heteroatoms. The second-order valence-electron chi connectivity index (χ2n) is 5.28. The standard InChI is InChI=1S/C17H19NO3/c1-2-21-17(7-10-20-11-8-17)16(19)14-5-6-15-13(12-14)4-3-9-18-15/h3-6,9,12H,2,7-8,10-11H2,1H3. The molecule has 1 aromatic carbocycles. The minimum Gasteiger partial charge on any atom is -0.381 e. The number of hydrogen-bond acceptors (Lipinski definition) is 4. The van der Waals surface area contributed by atoms with Crippen molar-refractivity contribution in [3.05, 3.63) is 42.1 Å². The summed E-state index contributed by atoms with van der Waals surface area (Å²) in [4.78, 5) is 17.2. The van der Waals surface area contributed by atoms with Gasteiger partial charge in [0, 0.05) is 49.8 Å². The van der Waals surface area contributed by atoms with Crippen LogP contribution in [0.3, 0.4) is 0 Å². The van der Waals surface area contributed by atoms with Crippen LogP contribution < -0.4 is 0 Å². The van der Waals surface area contributed by atoms with Crippen LogP contribution in [0.15, 0.2) is 36.5 Å². The van der Waals surface area contributed by atoms with Crippen molar-refractivity contribution in [1.82, 2.24) is 4.98 Å². The largest absolute Gasteiger partial charge is 0.381 e. The minimum absolute atomic E-state index is 0.0541. The van der Waals surface area contributed by atoms with Crippen molar-refractivity contribution in [2.75, 3.05) is 19.8 Å². The van der Waals surface area contributed by atoms with E-state index in [2.05, 4.69) is 4.98 Å². The van der Waals surface area contributed by atoms with Crippen LogP contribution in [0.25, 0.3) is 10.9 Å². The molecule has 0 bridgehead atoms. The molecule has 4 nitrogen and oxygen atoms in total. The molecule has 3 rings (SSSR count). The molecule has 1 aliphatic heterocycles. The first-order valence-corrected chi connectivity index (χ1v) is 7.36. The lowest BCUT2D eigenvalue weighted by atomic mass is 9.85. The highest BCUT2D eigenvalue weighted by Gasteiger charge is 2.41. The Morgan fingerprint density at radius 2 is 2.14 bits per heavy atom. The number of benzene rings is 1. The smallest absolute Gasteiger partial charge is 0.194 e. The van der Waals surface area contributed by atoms with Gasteiger partial charge in [-0.05, 0) is 31.2 Å². The molecule has 110 valence electrons. The lowest BCUT2D eigenvalue weighted by Crippen LogP contribution is -2.46. The van der Waals surface area contributed by atoms with Crippen LogP contribution in [0.2, 0.25) is 0 Å². The van der Waals surface area contributed by atoms with Gasteiger partial charge in [-0.1, -0.05) is 6.07 Å². The molecule has 1 saturated heterocycles. The molecule has 1 fully saturated rings. The summed E-state index contributed by atoms with van der Waals surface area (Å²) in [5.74, 6) is 0.0541. The van der Waals surface area contributed by atoms with Crippen LogP contribution in [0.5, 0.6) is 0 Å². The van der Waals surface area contributed by atoms with Gasteiger partial charge in [0.15, 0.2) is 5.78 Å². The van der Waals surface area contributed by atoms with Gasteiger partial charge in [-0.15, -0.1) is 0 Å². The van der Waals surface area contributed by atoms with E-state index in [0.29, 0.717) is 38.2 Å².